The van der Waals surface area contributed by atoms with Crippen molar-refractivity contribution in [1.29, 1.82) is 0 Å². The normalized spacial score (nSPS) is 24.9. The number of ether oxygens (including phenoxy) is 1. The summed E-state index contributed by atoms with van der Waals surface area (Å²) in [6, 6.07) is 12.7. The maximum Gasteiger partial charge on any atom is 0.310 e. The minimum Gasteiger partial charge on any atom is -0.486 e. The summed E-state index contributed by atoms with van der Waals surface area (Å²) in [4.78, 5) is 13.8. The highest BCUT2D eigenvalue weighted by atomic mass is 35.5. The first-order valence-corrected chi connectivity index (χ1v) is 11.3. The number of carboxylic acids is 1. The Balaban J connectivity index is 1.13. The number of rotatable bonds is 5. The van der Waals surface area contributed by atoms with Gasteiger partial charge in [-0.25, -0.2) is 0 Å². The molecule has 0 aromatic heterocycles. The summed E-state index contributed by atoms with van der Waals surface area (Å²) in [5.41, 5.74) is 5.11. The number of fused-ring (bicyclic) bond motifs is 2. The maximum absolute atomic E-state index is 11.5. The van der Waals surface area contributed by atoms with E-state index < -0.39 is 11.4 Å². The van der Waals surface area contributed by atoms with Crippen LogP contribution in [0.25, 0.3) is 0 Å². The number of carbonyl (C=O) groups is 1. The van der Waals surface area contributed by atoms with Crippen molar-refractivity contribution < 1.29 is 14.6 Å². The lowest BCUT2D eigenvalue weighted by Gasteiger charge is -2.49. The first kappa shape index (κ1) is 18.7. The molecule has 1 unspecified atom stereocenters. The van der Waals surface area contributed by atoms with Crippen LogP contribution in [0.3, 0.4) is 0 Å². The van der Waals surface area contributed by atoms with E-state index in [0.29, 0.717) is 5.41 Å². The van der Waals surface area contributed by atoms with Gasteiger partial charge in [-0.15, -0.1) is 0 Å². The smallest absolute Gasteiger partial charge is 0.310 e. The van der Waals surface area contributed by atoms with E-state index in [1.807, 2.05) is 12.1 Å². The predicted molar refractivity (Wildman–Crippen MR) is 115 cm³/mol. The van der Waals surface area contributed by atoms with Crippen LogP contribution in [0.1, 0.15) is 47.6 Å². The van der Waals surface area contributed by atoms with Crippen LogP contribution in [-0.2, 0) is 24.1 Å². The molecule has 4 aliphatic rings. The van der Waals surface area contributed by atoms with E-state index in [4.69, 9.17) is 16.3 Å². The Bertz CT molecular complexity index is 1040. The van der Waals surface area contributed by atoms with Crippen LogP contribution in [0.15, 0.2) is 36.4 Å². The van der Waals surface area contributed by atoms with Gasteiger partial charge in [-0.05, 0) is 73.4 Å². The van der Waals surface area contributed by atoms with Crippen molar-refractivity contribution in [2.24, 2.45) is 10.8 Å². The molecule has 1 saturated carbocycles. The number of likely N-dealkylation sites (tertiary alicyclic amines) is 1. The van der Waals surface area contributed by atoms with Gasteiger partial charge in [-0.1, -0.05) is 29.8 Å². The summed E-state index contributed by atoms with van der Waals surface area (Å²) in [6.07, 6.45) is 5.85. The third-order valence-corrected chi connectivity index (χ3v) is 8.01. The average molecular weight is 424 g/mol. The highest BCUT2D eigenvalue weighted by Crippen LogP contribution is 2.51. The van der Waals surface area contributed by atoms with Gasteiger partial charge in [-0.2, -0.15) is 0 Å². The van der Waals surface area contributed by atoms with E-state index in [1.165, 1.54) is 16.7 Å². The summed E-state index contributed by atoms with van der Waals surface area (Å²) < 4.78 is 6.39. The summed E-state index contributed by atoms with van der Waals surface area (Å²) in [7, 11) is 0. The fraction of sp³-hybridized carbons (Fsp3) is 0.480. The molecule has 1 heterocycles. The Morgan fingerprint density at radius 1 is 1.13 bits per heavy atom. The van der Waals surface area contributed by atoms with Crippen LogP contribution >= 0.6 is 11.6 Å². The zero-order chi connectivity index (χ0) is 20.5. The standard InChI is InChI=1S/C25H26ClNO3/c26-20-3-1-2-16-5-7-21(22(16)20)30-19-6-4-17-11-24(12-18(17)10-19)13-27(14-24)15-25(8-9-25)23(28)29/h1-4,6,10,21H,5,7-9,11-15H2,(H,28,29). The molecule has 6 rings (SSSR count). The van der Waals surface area contributed by atoms with Gasteiger partial charge in [0.1, 0.15) is 11.9 Å². The Kier molecular flexibility index (Phi) is 4.04. The summed E-state index contributed by atoms with van der Waals surface area (Å²) >= 11 is 6.45. The molecular formula is C25H26ClNO3. The molecule has 2 aromatic rings. The highest BCUT2D eigenvalue weighted by molar-refractivity contribution is 6.31. The molecule has 0 amide bonds. The van der Waals surface area contributed by atoms with Gasteiger partial charge in [0.2, 0.25) is 0 Å². The molecule has 1 saturated heterocycles. The predicted octanol–water partition coefficient (Wildman–Crippen LogP) is 4.67. The Morgan fingerprint density at radius 2 is 1.93 bits per heavy atom. The molecule has 2 fully saturated rings. The second kappa shape index (κ2) is 6.48. The minimum absolute atomic E-state index is 0.0343. The third kappa shape index (κ3) is 2.96. The molecule has 156 valence electrons. The lowest BCUT2D eigenvalue weighted by Crippen LogP contribution is -2.58. The zero-order valence-corrected chi connectivity index (χ0v) is 17.8. The largest absolute Gasteiger partial charge is 0.486 e. The molecule has 3 aliphatic carbocycles. The highest BCUT2D eigenvalue weighted by Gasteiger charge is 2.55. The van der Waals surface area contributed by atoms with Gasteiger partial charge in [0, 0.05) is 35.6 Å². The van der Waals surface area contributed by atoms with E-state index in [-0.39, 0.29) is 6.10 Å². The summed E-state index contributed by atoms with van der Waals surface area (Å²) in [5, 5.41) is 10.3. The van der Waals surface area contributed by atoms with Crippen LogP contribution in [0.4, 0.5) is 0 Å². The monoisotopic (exact) mass is 423 g/mol. The number of nitrogens with zero attached hydrogens (tertiary/aromatic N) is 1. The number of hydrogen-bond acceptors (Lipinski definition) is 3. The maximum atomic E-state index is 11.5. The fourth-order valence-electron chi connectivity index (χ4n) is 6.01. The van der Waals surface area contributed by atoms with E-state index in [2.05, 4.69) is 29.2 Å². The van der Waals surface area contributed by atoms with Crippen molar-refractivity contribution in [3.8, 4) is 5.75 Å². The number of aliphatic carboxylic acids is 1. The van der Waals surface area contributed by atoms with Crippen molar-refractivity contribution in [3.63, 3.8) is 0 Å². The van der Waals surface area contributed by atoms with Crippen molar-refractivity contribution in [2.45, 2.75) is 44.6 Å². The molecule has 1 N–H and O–H groups in total. The lowest BCUT2D eigenvalue weighted by molar-refractivity contribution is -0.145. The van der Waals surface area contributed by atoms with Crippen LogP contribution in [0, 0.1) is 10.8 Å². The molecule has 30 heavy (non-hydrogen) atoms. The molecule has 1 aliphatic heterocycles. The molecule has 4 nitrogen and oxygen atoms in total. The van der Waals surface area contributed by atoms with E-state index in [1.54, 1.807) is 0 Å². The van der Waals surface area contributed by atoms with Crippen LogP contribution in [-0.4, -0.2) is 35.6 Å². The van der Waals surface area contributed by atoms with Crippen molar-refractivity contribution in [3.05, 3.63) is 63.7 Å². The summed E-state index contributed by atoms with van der Waals surface area (Å²) in [6.45, 7) is 2.74. The van der Waals surface area contributed by atoms with Gasteiger partial charge in [0.25, 0.3) is 0 Å². The first-order valence-electron chi connectivity index (χ1n) is 11.0. The SMILES string of the molecule is O=C(O)C1(CN2CC3(Cc4ccc(OC5CCc6cccc(Cl)c65)cc4C3)C2)CC1. The zero-order valence-electron chi connectivity index (χ0n) is 17.0. The number of halogens is 1. The fourth-order valence-corrected chi connectivity index (χ4v) is 6.33. The van der Waals surface area contributed by atoms with E-state index in [9.17, 15) is 9.90 Å². The first-order chi connectivity index (χ1) is 14.5. The Morgan fingerprint density at radius 3 is 2.70 bits per heavy atom. The van der Waals surface area contributed by atoms with Crippen LogP contribution < -0.4 is 4.74 Å². The van der Waals surface area contributed by atoms with Crippen LogP contribution in [0.2, 0.25) is 5.02 Å². The lowest BCUT2D eigenvalue weighted by atomic mass is 9.76. The van der Waals surface area contributed by atoms with Gasteiger partial charge < -0.3 is 14.7 Å². The summed E-state index contributed by atoms with van der Waals surface area (Å²) in [5.74, 6) is 0.316. The molecule has 1 atom stereocenters. The minimum atomic E-state index is -0.617. The molecule has 0 radical (unpaired) electrons. The van der Waals surface area contributed by atoms with E-state index >= 15 is 0 Å². The molecule has 1 spiro atoms. The number of hydrogen-bond donors (Lipinski definition) is 1. The van der Waals surface area contributed by atoms with Crippen molar-refractivity contribution in [1.82, 2.24) is 4.90 Å². The second-order valence-corrected chi connectivity index (χ2v) is 10.4. The van der Waals surface area contributed by atoms with Gasteiger partial charge >= 0.3 is 5.97 Å². The van der Waals surface area contributed by atoms with E-state index in [0.717, 1.165) is 74.5 Å². The third-order valence-electron chi connectivity index (χ3n) is 7.68. The van der Waals surface area contributed by atoms with Crippen LogP contribution in [0.5, 0.6) is 5.75 Å². The van der Waals surface area contributed by atoms with Crippen molar-refractivity contribution >= 4 is 17.6 Å². The molecule has 0 bridgehead atoms. The van der Waals surface area contributed by atoms with Gasteiger partial charge in [0.15, 0.2) is 0 Å². The average Bonchev–Trinajstić information content (AvgIpc) is 3.20. The molecule has 2 aromatic carbocycles. The molecule has 5 heteroatoms. The Labute approximate surface area is 181 Å². The second-order valence-electron chi connectivity index (χ2n) is 9.97. The molecular weight excluding hydrogens is 398 g/mol. The van der Waals surface area contributed by atoms with Crippen molar-refractivity contribution in [2.75, 3.05) is 19.6 Å². The topological polar surface area (TPSA) is 49.8 Å². The van der Waals surface area contributed by atoms with Gasteiger partial charge in [0.05, 0.1) is 5.41 Å². The number of carboxylic acid groups (broad SMARTS) is 1. The quantitative estimate of drug-likeness (QED) is 0.759. The van der Waals surface area contributed by atoms with Gasteiger partial charge in [-0.3, -0.25) is 4.79 Å². The number of aryl methyl sites for hydroxylation is 1. The number of benzene rings is 2. The Hall–Kier alpha value is -2.04.